The molecule has 2 heterocycles. The van der Waals surface area contributed by atoms with Gasteiger partial charge in [0.2, 0.25) is 0 Å². The van der Waals surface area contributed by atoms with Gasteiger partial charge >= 0.3 is 12.2 Å². The molecule has 0 bridgehead atoms. The van der Waals surface area contributed by atoms with Gasteiger partial charge in [0.15, 0.2) is 23.0 Å². The van der Waals surface area contributed by atoms with Crippen LogP contribution in [0.1, 0.15) is 0 Å². The summed E-state index contributed by atoms with van der Waals surface area (Å²) in [7, 11) is 0. The summed E-state index contributed by atoms with van der Waals surface area (Å²) >= 11 is 0. The number of nitrogen functional groups attached to an aromatic ring is 2. The van der Waals surface area contributed by atoms with Crippen LogP contribution in [0.4, 0.5) is 40.6 Å². The van der Waals surface area contributed by atoms with Gasteiger partial charge < -0.3 is 20.9 Å². The Kier molecular flexibility index (Phi) is 3.05. The summed E-state index contributed by atoms with van der Waals surface area (Å²) in [6.45, 7) is 0. The van der Waals surface area contributed by atoms with Gasteiger partial charge in [0.1, 0.15) is 5.82 Å². The second-order valence-corrected chi connectivity index (χ2v) is 4.44. The minimum absolute atomic E-state index is 0.0185. The third-order valence-corrected chi connectivity index (χ3v) is 2.80. The van der Waals surface area contributed by atoms with E-state index in [0.717, 1.165) is 12.1 Å². The maximum absolute atomic E-state index is 13.1. The van der Waals surface area contributed by atoms with E-state index in [0.29, 0.717) is 0 Å². The Morgan fingerprint density at radius 1 is 1.00 bits per heavy atom. The first-order valence-electron chi connectivity index (χ1n) is 5.98. The van der Waals surface area contributed by atoms with Crippen LogP contribution in [0.5, 0.6) is 11.5 Å². The molecule has 0 unspecified atom stereocenters. The lowest BCUT2D eigenvalue weighted by Crippen LogP contribution is -2.52. The quantitative estimate of drug-likeness (QED) is 0.576. The Balaban J connectivity index is 1.91. The van der Waals surface area contributed by atoms with E-state index in [1.807, 2.05) is 0 Å². The van der Waals surface area contributed by atoms with Gasteiger partial charge in [-0.25, -0.2) is 0 Å². The molecule has 0 aliphatic carbocycles. The fourth-order valence-electron chi connectivity index (χ4n) is 1.70. The molecule has 23 heavy (non-hydrogen) atoms. The molecule has 2 aromatic rings. The number of anilines is 2. The second kappa shape index (κ2) is 4.72. The zero-order valence-electron chi connectivity index (χ0n) is 11.1. The number of benzene rings is 1. The average Bonchev–Trinajstić information content (AvgIpc) is 2.76. The summed E-state index contributed by atoms with van der Waals surface area (Å²) in [5, 5.41) is 13.3. The molecular weight excluding hydrogens is 324 g/mol. The predicted molar refractivity (Wildman–Crippen MR) is 69.2 cm³/mol. The molecule has 1 aliphatic heterocycles. The SMILES string of the molecule is Nc1n[nH]c(N)c1N=Nc1ccc2c(c1)OC(F)(F)C(F)(F)O2. The number of alkyl halides is 4. The maximum Gasteiger partial charge on any atom is 0.507 e. The number of aromatic amines is 1. The first kappa shape index (κ1) is 14.9. The molecule has 122 valence electrons. The lowest BCUT2D eigenvalue weighted by atomic mass is 10.2. The van der Waals surface area contributed by atoms with Crippen molar-refractivity contribution >= 4 is 23.0 Å². The fraction of sp³-hybridized carbons (Fsp3) is 0.182. The zero-order chi connectivity index (χ0) is 16.8. The molecule has 0 saturated heterocycles. The van der Waals surface area contributed by atoms with Crippen molar-refractivity contribution in [3.05, 3.63) is 18.2 Å². The van der Waals surface area contributed by atoms with E-state index in [1.54, 1.807) is 0 Å². The van der Waals surface area contributed by atoms with Crippen LogP contribution in [0, 0.1) is 0 Å². The molecule has 12 heteroatoms. The van der Waals surface area contributed by atoms with Gasteiger partial charge in [-0.3, -0.25) is 5.10 Å². The summed E-state index contributed by atoms with van der Waals surface area (Å²) in [6, 6.07) is 3.15. The molecule has 3 rings (SSSR count). The third-order valence-electron chi connectivity index (χ3n) is 2.80. The maximum atomic E-state index is 13.1. The van der Waals surface area contributed by atoms with Crippen LogP contribution in [-0.4, -0.2) is 22.4 Å². The largest absolute Gasteiger partial charge is 0.507 e. The number of hydrogen-bond acceptors (Lipinski definition) is 7. The van der Waals surface area contributed by atoms with Crippen molar-refractivity contribution in [2.75, 3.05) is 11.5 Å². The van der Waals surface area contributed by atoms with Gasteiger partial charge in [0, 0.05) is 6.07 Å². The highest BCUT2D eigenvalue weighted by Gasteiger charge is 2.65. The second-order valence-electron chi connectivity index (χ2n) is 4.44. The van der Waals surface area contributed by atoms with E-state index in [9.17, 15) is 17.6 Å². The lowest BCUT2D eigenvalue weighted by molar-refractivity contribution is -0.391. The molecular formula is C11H8F4N6O2. The van der Waals surface area contributed by atoms with E-state index < -0.39 is 23.7 Å². The predicted octanol–water partition coefficient (Wildman–Crippen LogP) is 2.95. The van der Waals surface area contributed by atoms with Crippen molar-refractivity contribution in [2.24, 2.45) is 10.2 Å². The van der Waals surface area contributed by atoms with E-state index >= 15 is 0 Å². The monoisotopic (exact) mass is 332 g/mol. The molecule has 0 saturated carbocycles. The Hall–Kier alpha value is -3.05. The van der Waals surface area contributed by atoms with Crippen molar-refractivity contribution in [1.82, 2.24) is 10.2 Å². The van der Waals surface area contributed by atoms with Crippen LogP contribution in [0.25, 0.3) is 0 Å². The smallest absolute Gasteiger partial charge is 0.421 e. The number of fused-ring (bicyclic) bond motifs is 1. The van der Waals surface area contributed by atoms with Gasteiger partial charge in [-0.2, -0.15) is 27.8 Å². The molecule has 0 spiro atoms. The Bertz CT molecular complexity index is 771. The van der Waals surface area contributed by atoms with Gasteiger partial charge in [0.25, 0.3) is 0 Å². The minimum Gasteiger partial charge on any atom is -0.421 e. The molecule has 5 N–H and O–H groups in total. The summed E-state index contributed by atoms with van der Waals surface area (Å²) in [5.41, 5.74) is 11.1. The molecule has 1 aliphatic rings. The van der Waals surface area contributed by atoms with Crippen LogP contribution >= 0.6 is 0 Å². The highest BCUT2D eigenvalue weighted by molar-refractivity contribution is 5.70. The molecule has 1 aromatic carbocycles. The van der Waals surface area contributed by atoms with Gasteiger partial charge in [-0.05, 0) is 12.1 Å². The first-order valence-corrected chi connectivity index (χ1v) is 5.98. The summed E-state index contributed by atoms with van der Waals surface area (Å²) in [4.78, 5) is 0. The Morgan fingerprint density at radius 3 is 2.26 bits per heavy atom. The number of nitrogens with one attached hydrogen (secondary N) is 1. The number of azo groups is 1. The zero-order valence-corrected chi connectivity index (χ0v) is 11.1. The molecule has 1 aromatic heterocycles. The number of H-pyrrole nitrogens is 1. The lowest BCUT2D eigenvalue weighted by Gasteiger charge is -2.31. The number of aromatic nitrogens is 2. The van der Waals surface area contributed by atoms with Crippen LogP contribution in [0.15, 0.2) is 28.4 Å². The molecule has 0 amide bonds. The van der Waals surface area contributed by atoms with Crippen molar-refractivity contribution in [3.63, 3.8) is 0 Å². The van der Waals surface area contributed by atoms with E-state index in [-0.39, 0.29) is 23.0 Å². The average molecular weight is 332 g/mol. The number of ether oxygens (including phenoxy) is 2. The van der Waals surface area contributed by atoms with Crippen molar-refractivity contribution in [2.45, 2.75) is 12.2 Å². The summed E-state index contributed by atoms with van der Waals surface area (Å²) in [5.74, 6) is -1.13. The highest BCUT2D eigenvalue weighted by atomic mass is 19.3. The first-order chi connectivity index (χ1) is 10.7. The summed E-state index contributed by atoms with van der Waals surface area (Å²) in [6.07, 6.45) is -9.59. The number of halogens is 4. The van der Waals surface area contributed by atoms with Crippen molar-refractivity contribution < 1.29 is 27.0 Å². The molecule has 0 radical (unpaired) electrons. The van der Waals surface area contributed by atoms with Crippen molar-refractivity contribution in [3.8, 4) is 11.5 Å². The normalized spacial score (nSPS) is 18.3. The number of hydrogen-bond donors (Lipinski definition) is 3. The summed E-state index contributed by atoms with van der Waals surface area (Å²) < 4.78 is 60.2. The topological polar surface area (TPSA) is 124 Å². The van der Waals surface area contributed by atoms with Crippen LogP contribution in [-0.2, 0) is 0 Å². The van der Waals surface area contributed by atoms with Gasteiger partial charge in [0.05, 0.1) is 5.69 Å². The van der Waals surface area contributed by atoms with E-state index in [2.05, 4.69) is 29.9 Å². The van der Waals surface area contributed by atoms with Crippen LogP contribution in [0.3, 0.4) is 0 Å². The van der Waals surface area contributed by atoms with Crippen molar-refractivity contribution in [1.29, 1.82) is 0 Å². The molecule has 0 fully saturated rings. The molecule has 8 nitrogen and oxygen atoms in total. The van der Waals surface area contributed by atoms with Crippen LogP contribution < -0.4 is 20.9 Å². The third kappa shape index (κ3) is 2.47. The standard InChI is InChI=1S/C11H8F4N6O2/c12-10(13)11(14,15)23-6-3-4(1-2-5(6)22-10)18-19-7-8(16)20-21-9(7)17/h1-3H,(H5,16,17,20,21). The van der Waals surface area contributed by atoms with Gasteiger partial charge in [-0.1, -0.05) is 0 Å². The Morgan fingerprint density at radius 2 is 1.65 bits per heavy atom. The fourth-order valence-corrected chi connectivity index (χ4v) is 1.70. The number of nitrogens with zero attached hydrogens (tertiary/aromatic N) is 3. The molecule has 0 atom stereocenters. The Labute approximate surface area is 125 Å². The van der Waals surface area contributed by atoms with Crippen LogP contribution in [0.2, 0.25) is 0 Å². The minimum atomic E-state index is -4.81. The van der Waals surface area contributed by atoms with E-state index in [1.165, 1.54) is 6.07 Å². The van der Waals surface area contributed by atoms with Gasteiger partial charge in [-0.15, -0.1) is 5.11 Å². The highest BCUT2D eigenvalue weighted by Crippen LogP contribution is 2.48. The number of nitrogens with two attached hydrogens (primary N) is 2. The van der Waals surface area contributed by atoms with E-state index in [4.69, 9.17) is 11.5 Å². The number of rotatable bonds is 2.